The van der Waals surface area contributed by atoms with Gasteiger partial charge in [-0.3, -0.25) is 0 Å². The quantitative estimate of drug-likeness (QED) is 0.357. The summed E-state index contributed by atoms with van der Waals surface area (Å²) in [5.74, 6) is 0. The Balaban J connectivity index is 2.02. The molecule has 0 bridgehead atoms. The summed E-state index contributed by atoms with van der Waals surface area (Å²) in [7, 11) is 0. The molecule has 0 aromatic rings. The second-order valence-electron chi connectivity index (χ2n) is 4.79. The zero-order chi connectivity index (χ0) is 11.0. The smallest absolute Gasteiger partial charge is 0.0771 e. The number of rotatable bonds is 8. The van der Waals surface area contributed by atoms with Crippen LogP contribution in [0.15, 0.2) is 0 Å². The third-order valence-corrected chi connectivity index (χ3v) is 4.80. The maximum atomic E-state index is 6.11. The molecule has 1 nitrogen and oxygen atoms in total. The highest BCUT2D eigenvalue weighted by Gasteiger charge is 2.33. The van der Waals surface area contributed by atoms with Crippen LogP contribution in [0.1, 0.15) is 64.7 Å². The summed E-state index contributed by atoms with van der Waals surface area (Å²) >= 11 is 2.49. The monoisotopic (exact) mass is 324 g/mol. The van der Waals surface area contributed by atoms with Crippen LogP contribution in [0.25, 0.3) is 0 Å². The molecular formula is C13H25IO. The van der Waals surface area contributed by atoms with Crippen LogP contribution in [0.5, 0.6) is 0 Å². The summed E-state index contributed by atoms with van der Waals surface area (Å²) in [4.78, 5) is 0. The molecule has 0 heterocycles. The van der Waals surface area contributed by atoms with Crippen LogP contribution in [-0.4, -0.2) is 16.6 Å². The third-order valence-electron chi connectivity index (χ3n) is 3.41. The number of unbranched alkanes of at least 4 members (excludes halogenated alkanes) is 4. The average molecular weight is 324 g/mol. The molecule has 0 spiro atoms. The number of alkyl halides is 1. The van der Waals surface area contributed by atoms with Crippen molar-refractivity contribution in [2.45, 2.75) is 70.3 Å². The minimum Gasteiger partial charge on any atom is -0.374 e. The highest BCUT2D eigenvalue weighted by molar-refractivity contribution is 14.1. The van der Waals surface area contributed by atoms with Crippen molar-refractivity contribution in [2.24, 2.45) is 0 Å². The standard InChI is InChI=1S/C13H25IO/c1-2-3-4-5-8-11-15-13(12-14)9-6-7-10-13/h2-12H2,1H3. The SMILES string of the molecule is CCCCCCCOC1(CI)CCCC1. The Morgan fingerprint density at radius 2 is 1.73 bits per heavy atom. The third kappa shape index (κ3) is 5.03. The van der Waals surface area contributed by atoms with Crippen LogP contribution in [0.3, 0.4) is 0 Å². The summed E-state index contributed by atoms with van der Waals surface area (Å²) in [5, 5.41) is 0. The van der Waals surface area contributed by atoms with E-state index in [-0.39, 0.29) is 5.60 Å². The van der Waals surface area contributed by atoms with Gasteiger partial charge < -0.3 is 4.74 Å². The number of ether oxygens (including phenoxy) is 1. The van der Waals surface area contributed by atoms with Crippen molar-refractivity contribution in [1.82, 2.24) is 0 Å². The van der Waals surface area contributed by atoms with Crippen molar-refractivity contribution in [3.63, 3.8) is 0 Å². The molecule has 1 aliphatic rings. The molecule has 0 atom stereocenters. The second-order valence-corrected chi connectivity index (χ2v) is 5.55. The maximum absolute atomic E-state index is 6.11. The van der Waals surface area contributed by atoms with Crippen molar-refractivity contribution < 1.29 is 4.74 Å². The van der Waals surface area contributed by atoms with Gasteiger partial charge in [0.2, 0.25) is 0 Å². The highest BCUT2D eigenvalue weighted by atomic mass is 127. The van der Waals surface area contributed by atoms with Crippen molar-refractivity contribution >= 4 is 22.6 Å². The molecule has 0 aliphatic heterocycles. The molecule has 0 radical (unpaired) electrons. The maximum Gasteiger partial charge on any atom is 0.0771 e. The van der Waals surface area contributed by atoms with E-state index >= 15 is 0 Å². The Bertz CT molecular complexity index is 153. The van der Waals surface area contributed by atoms with Gasteiger partial charge in [0.05, 0.1) is 5.60 Å². The topological polar surface area (TPSA) is 9.23 Å². The van der Waals surface area contributed by atoms with Crippen LogP contribution in [0, 0.1) is 0 Å². The molecule has 0 aromatic carbocycles. The minimum absolute atomic E-state index is 0.269. The van der Waals surface area contributed by atoms with Gasteiger partial charge in [0.25, 0.3) is 0 Å². The predicted molar refractivity (Wildman–Crippen MR) is 74.8 cm³/mol. The van der Waals surface area contributed by atoms with Crippen LogP contribution in [-0.2, 0) is 4.74 Å². The molecular weight excluding hydrogens is 299 g/mol. The van der Waals surface area contributed by atoms with Gasteiger partial charge in [-0.2, -0.15) is 0 Å². The normalized spacial score (nSPS) is 19.6. The van der Waals surface area contributed by atoms with Crippen LogP contribution >= 0.6 is 22.6 Å². The summed E-state index contributed by atoms with van der Waals surface area (Å²) < 4.78 is 7.29. The zero-order valence-electron chi connectivity index (χ0n) is 10.1. The first-order valence-electron chi connectivity index (χ1n) is 6.53. The fourth-order valence-corrected chi connectivity index (χ4v) is 3.31. The summed E-state index contributed by atoms with van der Waals surface area (Å²) in [6.45, 7) is 3.26. The zero-order valence-corrected chi connectivity index (χ0v) is 12.2. The Labute approximate surface area is 108 Å². The van der Waals surface area contributed by atoms with E-state index in [9.17, 15) is 0 Å². The molecule has 90 valence electrons. The van der Waals surface area contributed by atoms with Gasteiger partial charge in [0.1, 0.15) is 0 Å². The number of halogens is 1. The van der Waals surface area contributed by atoms with E-state index in [2.05, 4.69) is 29.5 Å². The fraction of sp³-hybridized carbons (Fsp3) is 1.00. The summed E-state index contributed by atoms with van der Waals surface area (Å²) in [6, 6.07) is 0. The van der Waals surface area contributed by atoms with E-state index in [0.29, 0.717) is 0 Å². The van der Waals surface area contributed by atoms with E-state index in [1.54, 1.807) is 0 Å². The first-order chi connectivity index (χ1) is 7.33. The van der Waals surface area contributed by atoms with E-state index in [1.807, 2.05) is 0 Å². The van der Waals surface area contributed by atoms with Gasteiger partial charge in [0, 0.05) is 11.0 Å². The van der Waals surface area contributed by atoms with E-state index in [0.717, 1.165) is 6.61 Å². The van der Waals surface area contributed by atoms with E-state index < -0.39 is 0 Å². The average Bonchev–Trinajstić information content (AvgIpc) is 2.73. The van der Waals surface area contributed by atoms with Crippen molar-refractivity contribution in [1.29, 1.82) is 0 Å². The number of hydrogen-bond donors (Lipinski definition) is 0. The Hall–Kier alpha value is 0.690. The van der Waals surface area contributed by atoms with Gasteiger partial charge in [-0.1, -0.05) is 68.0 Å². The lowest BCUT2D eigenvalue weighted by molar-refractivity contribution is -0.0218. The highest BCUT2D eigenvalue weighted by Crippen LogP contribution is 2.35. The first kappa shape index (κ1) is 13.8. The fourth-order valence-electron chi connectivity index (χ4n) is 2.33. The molecule has 0 aromatic heterocycles. The van der Waals surface area contributed by atoms with Gasteiger partial charge in [-0.25, -0.2) is 0 Å². The molecule has 1 aliphatic carbocycles. The van der Waals surface area contributed by atoms with Gasteiger partial charge in [-0.15, -0.1) is 0 Å². The molecule has 1 saturated carbocycles. The molecule has 1 fully saturated rings. The van der Waals surface area contributed by atoms with Crippen LogP contribution in [0.2, 0.25) is 0 Å². The molecule has 1 rings (SSSR count). The Morgan fingerprint density at radius 1 is 1.07 bits per heavy atom. The molecule has 0 N–H and O–H groups in total. The predicted octanol–water partition coefficient (Wildman–Crippen LogP) is 4.72. The van der Waals surface area contributed by atoms with Gasteiger partial charge >= 0.3 is 0 Å². The van der Waals surface area contributed by atoms with Crippen molar-refractivity contribution in [3.8, 4) is 0 Å². The lowest BCUT2D eigenvalue weighted by Crippen LogP contribution is -2.31. The Kier molecular flexibility index (Phi) is 7.23. The van der Waals surface area contributed by atoms with E-state index in [4.69, 9.17) is 4.74 Å². The largest absolute Gasteiger partial charge is 0.374 e. The molecule has 2 heteroatoms. The molecule has 0 unspecified atom stereocenters. The van der Waals surface area contributed by atoms with Crippen molar-refractivity contribution in [2.75, 3.05) is 11.0 Å². The first-order valence-corrected chi connectivity index (χ1v) is 8.05. The van der Waals surface area contributed by atoms with Gasteiger partial charge in [-0.05, 0) is 19.3 Å². The second kappa shape index (κ2) is 7.88. The molecule has 0 saturated heterocycles. The summed E-state index contributed by atoms with van der Waals surface area (Å²) in [6.07, 6.45) is 12.1. The molecule has 15 heavy (non-hydrogen) atoms. The Morgan fingerprint density at radius 3 is 2.33 bits per heavy atom. The van der Waals surface area contributed by atoms with Crippen LogP contribution < -0.4 is 0 Å². The minimum atomic E-state index is 0.269. The van der Waals surface area contributed by atoms with E-state index in [1.165, 1.54) is 62.2 Å². The van der Waals surface area contributed by atoms with Crippen LogP contribution in [0.4, 0.5) is 0 Å². The lowest BCUT2D eigenvalue weighted by atomic mass is 10.1. The van der Waals surface area contributed by atoms with Gasteiger partial charge in [0.15, 0.2) is 0 Å². The lowest BCUT2D eigenvalue weighted by Gasteiger charge is -2.27. The van der Waals surface area contributed by atoms with Crippen molar-refractivity contribution in [3.05, 3.63) is 0 Å². The number of hydrogen-bond acceptors (Lipinski definition) is 1. The summed E-state index contributed by atoms with van der Waals surface area (Å²) in [5.41, 5.74) is 0.269. The molecule has 0 amide bonds.